The van der Waals surface area contributed by atoms with Crippen molar-refractivity contribution >= 4 is 46.6 Å². The first-order valence-electron chi connectivity index (χ1n) is 10.0. The molecule has 0 radical (unpaired) electrons. The molecule has 168 valence electrons. The van der Waals surface area contributed by atoms with Crippen molar-refractivity contribution in [3.63, 3.8) is 0 Å². The second-order valence-electron chi connectivity index (χ2n) is 7.40. The van der Waals surface area contributed by atoms with Gasteiger partial charge in [0.05, 0.1) is 10.0 Å². The number of carbonyl (C=O) groups is 2. The van der Waals surface area contributed by atoms with Gasteiger partial charge in [-0.2, -0.15) is 0 Å². The zero-order chi connectivity index (χ0) is 23.1. The van der Waals surface area contributed by atoms with Crippen molar-refractivity contribution in [3.05, 3.63) is 62.1 Å². The first kappa shape index (κ1) is 25.3. The summed E-state index contributed by atoms with van der Waals surface area (Å²) in [4.78, 5) is 27.1. The average Bonchev–Trinajstić information content (AvgIpc) is 2.74. The van der Waals surface area contributed by atoms with Crippen molar-refractivity contribution in [2.24, 2.45) is 0 Å². The normalized spacial score (nSPS) is 11.7. The van der Waals surface area contributed by atoms with E-state index in [1.807, 2.05) is 20.8 Å². The maximum absolute atomic E-state index is 13.1. The van der Waals surface area contributed by atoms with Crippen LogP contribution in [0.3, 0.4) is 0 Å². The van der Waals surface area contributed by atoms with E-state index >= 15 is 0 Å². The van der Waals surface area contributed by atoms with Crippen LogP contribution in [-0.2, 0) is 16.1 Å². The summed E-state index contributed by atoms with van der Waals surface area (Å²) < 4.78 is 5.73. The molecule has 0 aromatic heterocycles. The van der Waals surface area contributed by atoms with Gasteiger partial charge in [0.1, 0.15) is 11.8 Å². The van der Waals surface area contributed by atoms with Crippen LogP contribution in [0.2, 0.25) is 15.1 Å². The third-order valence-corrected chi connectivity index (χ3v) is 6.16. The van der Waals surface area contributed by atoms with E-state index in [9.17, 15) is 9.59 Å². The topological polar surface area (TPSA) is 58.6 Å². The molecular weight excluding hydrogens is 459 g/mol. The number of benzene rings is 2. The molecule has 2 aromatic rings. The highest BCUT2D eigenvalue weighted by Gasteiger charge is 2.26. The predicted octanol–water partition coefficient (Wildman–Crippen LogP) is 5.59. The summed E-state index contributed by atoms with van der Waals surface area (Å²) in [6.45, 7) is 7.93. The molecule has 0 aliphatic heterocycles. The van der Waals surface area contributed by atoms with Gasteiger partial charge in [-0.15, -0.1) is 0 Å². The van der Waals surface area contributed by atoms with E-state index in [-0.39, 0.29) is 25.0 Å². The number of aryl methyl sites for hydroxylation is 2. The quantitative estimate of drug-likeness (QED) is 0.504. The Kier molecular flexibility index (Phi) is 9.48. The Labute approximate surface area is 198 Å². The highest BCUT2D eigenvalue weighted by molar-refractivity contribution is 6.42. The molecule has 1 unspecified atom stereocenters. The number of hydrogen-bond acceptors (Lipinski definition) is 3. The first-order valence-corrected chi connectivity index (χ1v) is 11.2. The molecule has 0 heterocycles. The lowest BCUT2D eigenvalue weighted by Crippen LogP contribution is -2.49. The second-order valence-corrected chi connectivity index (χ2v) is 8.59. The van der Waals surface area contributed by atoms with E-state index in [0.29, 0.717) is 27.4 Å². The van der Waals surface area contributed by atoms with E-state index in [2.05, 4.69) is 5.32 Å². The Balaban J connectivity index is 2.20. The molecule has 1 atom stereocenters. The van der Waals surface area contributed by atoms with Gasteiger partial charge in [-0.3, -0.25) is 9.59 Å². The lowest BCUT2D eigenvalue weighted by molar-refractivity contribution is -0.142. The average molecular weight is 486 g/mol. The lowest BCUT2D eigenvalue weighted by Gasteiger charge is -2.29. The Bertz CT molecular complexity index is 927. The molecule has 0 saturated carbocycles. The molecule has 8 heteroatoms. The number of halogens is 3. The molecule has 0 aliphatic rings. The third-order valence-electron chi connectivity index (χ3n) is 4.83. The maximum Gasteiger partial charge on any atom is 0.261 e. The minimum absolute atomic E-state index is 0.193. The first-order chi connectivity index (χ1) is 14.6. The van der Waals surface area contributed by atoms with Crippen LogP contribution in [0.4, 0.5) is 0 Å². The minimum Gasteiger partial charge on any atom is -0.484 e. The summed E-state index contributed by atoms with van der Waals surface area (Å²) >= 11 is 18.3. The molecule has 2 aromatic carbocycles. The second kappa shape index (κ2) is 11.6. The van der Waals surface area contributed by atoms with Gasteiger partial charge in [0, 0.05) is 18.1 Å². The number of amides is 2. The Morgan fingerprint density at radius 3 is 2.29 bits per heavy atom. The van der Waals surface area contributed by atoms with Crippen LogP contribution >= 0.6 is 34.8 Å². The molecule has 0 fully saturated rings. The Morgan fingerprint density at radius 1 is 1.06 bits per heavy atom. The molecule has 0 bridgehead atoms. The van der Waals surface area contributed by atoms with Gasteiger partial charge in [0.25, 0.3) is 5.91 Å². The van der Waals surface area contributed by atoms with Crippen molar-refractivity contribution in [1.82, 2.24) is 10.2 Å². The predicted molar refractivity (Wildman–Crippen MR) is 126 cm³/mol. The summed E-state index contributed by atoms with van der Waals surface area (Å²) in [6.07, 6.45) is 0.803. The molecule has 5 nitrogen and oxygen atoms in total. The largest absolute Gasteiger partial charge is 0.484 e. The zero-order valence-corrected chi connectivity index (χ0v) is 20.4. The van der Waals surface area contributed by atoms with E-state index in [1.165, 1.54) is 4.90 Å². The Hall–Kier alpha value is -1.95. The number of rotatable bonds is 9. The maximum atomic E-state index is 13.1. The zero-order valence-electron chi connectivity index (χ0n) is 18.1. The number of ether oxygens (including phenoxy) is 1. The molecule has 0 aliphatic carbocycles. The molecule has 0 saturated heterocycles. The standard InChI is InChI=1S/C23H27Cl3N2O3/c1-5-8-27-23(30)16(4)28(12-17-6-7-19(24)20(25)11-17)21(29)13-31-18-9-14(2)22(26)15(3)10-18/h6-7,9-11,16H,5,8,12-13H2,1-4H3,(H,27,30). The summed E-state index contributed by atoms with van der Waals surface area (Å²) in [6, 6.07) is 8.00. The SMILES string of the molecule is CCCNC(=O)C(C)N(Cc1ccc(Cl)c(Cl)c1)C(=O)COc1cc(C)c(Cl)c(C)c1. The van der Waals surface area contributed by atoms with Crippen LogP contribution in [0.5, 0.6) is 5.75 Å². The smallest absolute Gasteiger partial charge is 0.261 e. The monoisotopic (exact) mass is 484 g/mol. The van der Waals surface area contributed by atoms with Crippen LogP contribution in [-0.4, -0.2) is 35.9 Å². The number of hydrogen-bond donors (Lipinski definition) is 1. The van der Waals surface area contributed by atoms with Gasteiger partial charge in [-0.25, -0.2) is 0 Å². The molecule has 0 spiro atoms. The van der Waals surface area contributed by atoms with Crippen LogP contribution in [0, 0.1) is 13.8 Å². The highest BCUT2D eigenvalue weighted by atomic mass is 35.5. The fourth-order valence-electron chi connectivity index (χ4n) is 3.03. The molecule has 2 rings (SSSR count). The number of nitrogens with one attached hydrogen (secondary N) is 1. The van der Waals surface area contributed by atoms with Crippen molar-refractivity contribution in [3.8, 4) is 5.75 Å². The third kappa shape index (κ3) is 7.03. The highest BCUT2D eigenvalue weighted by Crippen LogP contribution is 2.26. The fraction of sp³-hybridized carbons (Fsp3) is 0.391. The summed E-state index contributed by atoms with van der Waals surface area (Å²) in [7, 11) is 0. The van der Waals surface area contributed by atoms with Crippen molar-refractivity contribution in [2.45, 2.75) is 46.7 Å². The summed E-state index contributed by atoms with van der Waals surface area (Å²) in [5.74, 6) is -0.00533. The van der Waals surface area contributed by atoms with E-state index in [1.54, 1.807) is 37.3 Å². The van der Waals surface area contributed by atoms with Gasteiger partial charge >= 0.3 is 0 Å². The molecular formula is C23H27Cl3N2O3. The van der Waals surface area contributed by atoms with E-state index in [4.69, 9.17) is 39.5 Å². The van der Waals surface area contributed by atoms with Crippen LogP contribution in [0.1, 0.15) is 37.0 Å². The van der Waals surface area contributed by atoms with Crippen molar-refractivity contribution < 1.29 is 14.3 Å². The van der Waals surface area contributed by atoms with Gasteiger partial charge in [-0.1, -0.05) is 47.8 Å². The van der Waals surface area contributed by atoms with Crippen LogP contribution in [0.15, 0.2) is 30.3 Å². The summed E-state index contributed by atoms with van der Waals surface area (Å²) in [5.41, 5.74) is 2.49. The van der Waals surface area contributed by atoms with Gasteiger partial charge in [-0.05, 0) is 68.1 Å². The lowest BCUT2D eigenvalue weighted by atomic mass is 10.1. The van der Waals surface area contributed by atoms with Crippen molar-refractivity contribution in [2.75, 3.05) is 13.2 Å². The van der Waals surface area contributed by atoms with Gasteiger partial charge < -0.3 is 15.0 Å². The fourth-order valence-corrected chi connectivity index (χ4v) is 3.46. The van der Waals surface area contributed by atoms with Gasteiger partial charge in [0.15, 0.2) is 6.61 Å². The molecule has 31 heavy (non-hydrogen) atoms. The van der Waals surface area contributed by atoms with E-state index < -0.39 is 6.04 Å². The van der Waals surface area contributed by atoms with Crippen molar-refractivity contribution in [1.29, 1.82) is 0 Å². The molecule has 2 amide bonds. The van der Waals surface area contributed by atoms with Crippen LogP contribution in [0.25, 0.3) is 0 Å². The minimum atomic E-state index is -0.689. The Morgan fingerprint density at radius 2 is 1.71 bits per heavy atom. The number of nitrogens with zero attached hydrogens (tertiary/aromatic N) is 1. The number of carbonyl (C=O) groups excluding carboxylic acids is 2. The van der Waals surface area contributed by atoms with Gasteiger partial charge in [0.2, 0.25) is 5.91 Å². The summed E-state index contributed by atoms with van der Waals surface area (Å²) in [5, 5.41) is 4.31. The van der Waals surface area contributed by atoms with Crippen LogP contribution < -0.4 is 10.1 Å². The molecule has 1 N–H and O–H groups in total. The van der Waals surface area contributed by atoms with E-state index in [0.717, 1.165) is 23.1 Å².